The first-order valence-corrected chi connectivity index (χ1v) is 9.52. The number of hydrogen-bond donors (Lipinski definition) is 2. The summed E-state index contributed by atoms with van der Waals surface area (Å²) in [6.07, 6.45) is 7.00. The topological polar surface area (TPSA) is 92.1 Å². The maximum Gasteiger partial charge on any atom is 0.185 e. The van der Waals surface area contributed by atoms with Crippen molar-refractivity contribution in [3.8, 4) is 0 Å². The monoisotopic (exact) mass is 394 g/mol. The normalized spacial score (nSPS) is 16.4. The molecule has 2 aliphatic heterocycles. The highest BCUT2D eigenvalue weighted by atomic mass is 16.7. The first-order valence-electron chi connectivity index (χ1n) is 9.52. The number of hydrogen-bond acceptors (Lipinski definition) is 9. The Morgan fingerprint density at radius 3 is 2.83 bits per heavy atom. The summed E-state index contributed by atoms with van der Waals surface area (Å²) in [6.45, 7) is 5.54. The SMILES string of the molecule is Cc1cc(CNc2ccnc3c(N4C=CON4)c(N4CCOCC4)nn23)ccn1. The maximum atomic E-state index is 5.50. The molecule has 0 radical (unpaired) electrons. The van der Waals surface area contributed by atoms with Gasteiger partial charge in [0.15, 0.2) is 11.5 Å². The van der Waals surface area contributed by atoms with Crippen LogP contribution in [0.15, 0.2) is 43.1 Å². The summed E-state index contributed by atoms with van der Waals surface area (Å²) in [6, 6.07) is 5.99. The molecule has 0 atom stereocenters. The standard InChI is InChI=1S/C19H22N8O2/c1-14-12-15(2-4-20-14)13-22-16-3-5-21-18-17(26-8-11-29-24-26)19(23-27(16)18)25-6-9-28-10-7-25/h2-5,8,11-12,22,24H,6-7,9-10,13H2,1H3. The van der Waals surface area contributed by atoms with E-state index < -0.39 is 0 Å². The first-order chi connectivity index (χ1) is 14.3. The highest BCUT2D eigenvalue weighted by molar-refractivity contribution is 5.83. The average molecular weight is 394 g/mol. The molecule has 0 bridgehead atoms. The van der Waals surface area contributed by atoms with Crippen molar-refractivity contribution in [3.05, 3.63) is 54.3 Å². The summed E-state index contributed by atoms with van der Waals surface area (Å²) in [5.74, 6) is 1.69. The van der Waals surface area contributed by atoms with Gasteiger partial charge in [-0.1, -0.05) is 5.59 Å². The highest BCUT2D eigenvalue weighted by Gasteiger charge is 2.27. The number of hydrazine groups is 1. The zero-order valence-electron chi connectivity index (χ0n) is 16.1. The number of nitrogens with one attached hydrogen (secondary N) is 2. The summed E-state index contributed by atoms with van der Waals surface area (Å²) in [5, 5.41) is 10.1. The predicted octanol–water partition coefficient (Wildman–Crippen LogP) is 1.61. The lowest BCUT2D eigenvalue weighted by Crippen LogP contribution is -2.38. The van der Waals surface area contributed by atoms with E-state index in [1.807, 2.05) is 36.0 Å². The number of aryl methyl sites for hydroxylation is 1. The van der Waals surface area contributed by atoms with Crippen LogP contribution >= 0.6 is 0 Å². The molecule has 29 heavy (non-hydrogen) atoms. The molecule has 0 aliphatic carbocycles. The summed E-state index contributed by atoms with van der Waals surface area (Å²) >= 11 is 0. The van der Waals surface area contributed by atoms with Crippen LogP contribution in [0.3, 0.4) is 0 Å². The number of ether oxygens (including phenoxy) is 1. The molecule has 0 aromatic carbocycles. The van der Waals surface area contributed by atoms with E-state index in [1.165, 1.54) is 0 Å². The van der Waals surface area contributed by atoms with Crippen LogP contribution < -0.4 is 20.8 Å². The van der Waals surface area contributed by atoms with Crippen molar-refractivity contribution < 1.29 is 9.57 Å². The smallest absolute Gasteiger partial charge is 0.185 e. The third kappa shape index (κ3) is 3.43. The Balaban J connectivity index is 1.53. The molecular weight excluding hydrogens is 372 g/mol. The van der Waals surface area contributed by atoms with Gasteiger partial charge in [0.05, 0.1) is 19.4 Å². The van der Waals surface area contributed by atoms with Gasteiger partial charge in [0, 0.05) is 37.7 Å². The number of fused-ring (bicyclic) bond motifs is 1. The minimum absolute atomic E-state index is 0.662. The molecule has 5 heterocycles. The Morgan fingerprint density at radius 2 is 2.03 bits per heavy atom. The van der Waals surface area contributed by atoms with Gasteiger partial charge in [0.25, 0.3) is 0 Å². The molecule has 3 aromatic rings. The quantitative estimate of drug-likeness (QED) is 0.669. The summed E-state index contributed by atoms with van der Waals surface area (Å²) in [5.41, 5.74) is 6.57. The van der Waals surface area contributed by atoms with E-state index in [1.54, 1.807) is 17.5 Å². The van der Waals surface area contributed by atoms with Crippen molar-refractivity contribution in [2.45, 2.75) is 13.5 Å². The molecule has 2 N–H and O–H groups in total. The second kappa shape index (κ2) is 7.57. The van der Waals surface area contributed by atoms with Gasteiger partial charge in [-0.2, -0.15) is 4.52 Å². The third-order valence-electron chi connectivity index (χ3n) is 4.89. The lowest BCUT2D eigenvalue weighted by molar-refractivity contribution is 0.122. The fraction of sp³-hybridized carbons (Fsp3) is 0.316. The van der Waals surface area contributed by atoms with Crippen molar-refractivity contribution in [1.29, 1.82) is 0 Å². The lowest BCUT2D eigenvalue weighted by atomic mass is 10.2. The zero-order chi connectivity index (χ0) is 19.6. The molecule has 1 saturated heterocycles. The molecule has 10 heteroatoms. The molecule has 150 valence electrons. The van der Waals surface area contributed by atoms with E-state index in [0.29, 0.717) is 19.8 Å². The van der Waals surface area contributed by atoms with Gasteiger partial charge in [0.1, 0.15) is 17.8 Å². The van der Waals surface area contributed by atoms with Crippen LogP contribution in [0.5, 0.6) is 0 Å². The molecule has 0 saturated carbocycles. The van der Waals surface area contributed by atoms with Crippen LogP contribution in [0.1, 0.15) is 11.3 Å². The largest absolute Gasteiger partial charge is 0.395 e. The third-order valence-corrected chi connectivity index (χ3v) is 4.89. The molecule has 1 fully saturated rings. The fourth-order valence-corrected chi connectivity index (χ4v) is 3.50. The first kappa shape index (κ1) is 17.7. The number of anilines is 3. The van der Waals surface area contributed by atoms with Gasteiger partial charge in [-0.3, -0.25) is 4.98 Å². The van der Waals surface area contributed by atoms with Crippen LogP contribution in [-0.4, -0.2) is 45.9 Å². The van der Waals surface area contributed by atoms with Gasteiger partial charge in [-0.05, 0) is 30.7 Å². The van der Waals surface area contributed by atoms with Gasteiger partial charge < -0.3 is 19.8 Å². The van der Waals surface area contributed by atoms with Gasteiger partial charge >= 0.3 is 0 Å². The second-order valence-electron chi connectivity index (χ2n) is 6.86. The molecule has 10 nitrogen and oxygen atoms in total. The van der Waals surface area contributed by atoms with E-state index in [2.05, 4.69) is 31.8 Å². The van der Waals surface area contributed by atoms with Crippen molar-refractivity contribution >= 4 is 23.0 Å². The molecule has 3 aromatic heterocycles. The predicted molar refractivity (Wildman–Crippen MR) is 108 cm³/mol. The zero-order valence-corrected chi connectivity index (χ0v) is 16.1. The summed E-state index contributed by atoms with van der Waals surface area (Å²) in [7, 11) is 0. The van der Waals surface area contributed by atoms with Crippen LogP contribution in [0.2, 0.25) is 0 Å². The van der Waals surface area contributed by atoms with E-state index in [-0.39, 0.29) is 0 Å². The maximum absolute atomic E-state index is 5.50. The van der Waals surface area contributed by atoms with E-state index in [9.17, 15) is 0 Å². The lowest BCUT2D eigenvalue weighted by Gasteiger charge is -2.28. The average Bonchev–Trinajstić information content (AvgIpc) is 3.40. The van der Waals surface area contributed by atoms with Crippen molar-refractivity contribution in [3.63, 3.8) is 0 Å². The Bertz CT molecular complexity index is 1040. The van der Waals surface area contributed by atoms with Crippen LogP contribution in [-0.2, 0) is 16.1 Å². The summed E-state index contributed by atoms with van der Waals surface area (Å²) < 4.78 is 7.34. The fourth-order valence-electron chi connectivity index (χ4n) is 3.50. The Kier molecular flexibility index (Phi) is 4.62. The van der Waals surface area contributed by atoms with Crippen LogP contribution in [0.25, 0.3) is 5.65 Å². The number of morpholine rings is 1. The molecule has 5 rings (SSSR count). The second-order valence-corrected chi connectivity index (χ2v) is 6.86. The number of nitrogens with zero attached hydrogens (tertiary/aromatic N) is 6. The van der Waals surface area contributed by atoms with Gasteiger partial charge in [0.2, 0.25) is 0 Å². The number of aromatic nitrogens is 4. The Morgan fingerprint density at radius 1 is 1.17 bits per heavy atom. The van der Waals surface area contributed by atoms with E-state index >= 15 is 0 Å². The molecule has 0 unspecified atom stereocenters. The van der Waals surface area contributed by atoms with Crippen molar-refractivity contribution in [1.82, 2.24) is 25.2 Å². The van der Waals surface area contributed by atoms with Crippen molar-refractivity contribution in [2.75, 3.05) is 41.5 Å². The minimum atomic E-state index is 0.662. The highest BCUT2D eigenvalue weighted by Crippen LogP contribution is 2.34. The Hall–Kier alpha value is -3.37. The van der Waals surface area contributed by atoms with Crippen LogP contribution in [0, 0.1) is 6.92 Å². The Labute approximate surface area is 167 Å². The van der Waals surface area contributed by atoms with E-state index in [0.717, 1.165) is 47.3 Å². The molecule has 2 aliphatic rings. The number of rotatable bonds is 5. The van der Waals surface area contributed by atoms with Gasteiger partial charge in [-0.25, -0.2) is 9.99 Å². The summed E-state index contributed by atoms with van der Waals surface area (Å²) in [4.78, 5) is 16.2. The number of pyridine rings is 1. The van der Waals surface area contributed by atoms with E-state index in [4.69, 9.17) is 14.7 Å². The molecular formula is C19H22N8O2. The van der Waals surface area contributed by atoms with Gasteiger partial charge in [-0.15, -0.1) is 5.10 Å². The van der Waals surface area contributed by atoms with Crippen LogP contribution in [0.4, 0.5) is 17.3 Å². The minimum Gasteiger partial charge on any atom is -0.395 e. The van der Waals surface area contributed by atoms with Crippen molar-refractivity contribution in [2.24, 2.45) is 0 Å². The molecule has 0 amide bonds. The molecule has 0 spiro atoms.